The fourth-order valence-corrected chi connectivity index (χ4v) is 4.80. The molecule has 0 radical (unpaired) electrons. The van der Waals surface area contributed by atoms with Crippen molar-refractivity contribution in [1.29, 1.82) is 0 Å². The van der Waals surface area contributed by atoms with Gasteiger partial charge < -0.3 is 5.32 Å². The molecular weight excluding hydrogens is 425 g/mol. The van der Waals surface area contributed by atoms with Crippen LogP contribution in [0.5, 0.6) is 0 Å². The minimum Gasteiger partial charge on any atom is -0.343 e. The van der Waals surface area contributed by atoms with Crippen molar-refractivity contribution in [3.05, 3.63) is 51.2 Å². The Balaban J connectivity index is 2.14. The predicted molar refractivity (Wildman–Crippen MR) is 97.4 cm³/mol. The molecule has 0 aliphatic carbocycles. The summed E-state index contributed by atoms with van der Waals surface area (Å²) < 4.78 is 63.8. The summed E-state index contributed by atoms with van der Waals surface area (Å²) in [6, 6.07) is 8.16. The molecule has 2 rings (SSSR count). The van der Waals surface area contributed by atoms with Gasteiger partial charge in [0.15, 0.2) is 0 Å². The van der Waals surface area contributed by atoms with Crippen LogP contribution < -0.4 is 5.32 Å². The molecule has 148 valence electrons. The zero-order valence-electron chi connectivity index (χ0n) is 14.1. The van der Waals surface area contributed by atoms with E-state index in [9.17, 15) is 26.4 Å². The molecule has 1 heterocycles. The van der Waals surface area contributed by atoms with Crippen molar-refractivity contribution >= 4 is 38.9 Å². The highest BCUT2D eigenvalue weighted by Gasteiger charge is 2.28. The van der Waals surface area contributed by atoms with Crippen LogP contribution in [0.2, 0.25) is 4.34 Å². The second-order valence-corrected chi connectivity index (χ2v) is 9.20. The molecule has 27 heavy (non-hydrogen) atoms. The van der Waals surface area contributed by atoms with E-state index in [1.165, 1.54) is 39.9 Å². The molecule has 0 unspecified atom stereocenters. The van der Waals surface area contributed by atoms with Gasteiger partial charge in [0.25, 0.3) is 5.91 Å². The number of amides is 1. The summed E-state index contributed by atoms with van der Waals surface area (Å²) in [5.41, 5.74) is -0.0636. The van der Waals surface area contributed by atoms with E-state index < -0.39 is 28.7 Å². The number of nitrogens with one attached hydrogen (secondary N) is 1. The van der Waals surface area contributed by atoms with E-state index >= 15 is 0 Å². The predicted octanol–water partition coefficient (Wildman–Crippen LogP) is 3.90. The van der Waals surface area contributed by atoms with Gasteiger partial charge in [-0.05, 0) is 36.4 Å². The number of sulfonamides is 1. The number of carbonyl (C=O) groups is 1. The molecule has 5 nitrogen and oxygen atoms in total. The fraction of sp³-hybridized carbons (Fsp3) is 0.312. The number of benzene rings is 1. The summed E-state index contributed by atoms with van der Waals surface area (Å²) in [6.45, 7) is 0.584. The second kappa shape index (κ2) is 8.59. The van der Waals surface area contributed by atoms with Gasteiger partial charge in [0.1, 0.15) is 6.54 Å². The van der Waals surface area contributed by atoms with Gasteiger partial charge in [0.05, 0.1) is 9.23 Å². The Morgan fingerprint density at radius 2 is 1.81 bits per heavy atom. The Bertz CT molecular complexity index is 896. The zero-order chi connectivity index (χ0) is 20.2. The van der Waals surface area contributed by atoms with Crippen molar-refractivity contribution in [2.75, 3.05) is 13.1 Å². The largest absolute Gasteiger partial charge is 0.405 e. The van der Waals surface area contributed by atoms with Gasteiger partial charge in [-0.1, -0.05) is 18.5 Å². The van der Waals surface area contributed by atoms with Crippen LogP contribution in [0, 0.1) is 0 Å². The number of hydrogen-bond acceptors (Lipinski definition) is 4. The molecule has 2 aromatic rings. The molecule has 0 atom stereocenters. The topological polar surface area (TPSA) is 66.5 Å². The van der Waals surface area contributed by atoms with E-state index in [4.69, 9.17) is 11.6 Å². The van der Waals surface area contributed by atoms with Crippen LogP contribution in [0.4, 0.5) is 13.2 Å². The van der Waals surface area contributed by atoms with Crippen molar-refractivity contribution in [1.82, 2.24) is 9.62 Å². The van der Waals surface area contributed by atoms with Crippen LogP contribution >= 0.6 is 22.9 Å². The van der Waals surface area contributed by atoms with Gasteiger partial charge in [-0.15, -0.1) is 11.3 Å². The number of hydrogen-bond donors (Lipinski definition) is 1. The third kappa shape index (κ3) is 5.93. The Hall–Kier alpha value is -1.62. The molecule has 1 amide bonds. The van der Waals surface area contributed by atoms with E-state index in [1.54, 1.807) is 24.4 Å². The molecule has 11 heteroatoms. The normalized spacial score (nSPS) is 12.4. The standard InChI is InChI=1S/C16H16ClF3N2O3S2/c1-2-22(9-12-5-8-14(17)26-12)27(24,25)13-6-3-11(4-7-13)15(23)21-10-16(18,19)20/h3-8H,2,9-10H2,1H3,(H,21,23). The third-order valence-electron chi connectivity index (χ3n) is 3.52. The molecule has 0 saturated carbocycles. The van der Waals surface area contributed by atoms with Crippen LogP contribution in [0.1, 0.15) is 22.2 Å². The molecule has 0 fully saturated rings. The molecule has 0 saturated heterocycles. The Labute approximate surface area is 163 Å². The molecule has 0 aliphatic heterocycles. The van der Waals surface area contributed by atoms with E-state index in [0.29, 0.717) is 4.34 Å². The molecule has 1 N–H and O–H groups in total. The van der Waals surface area contributed by atoms with Gasteiger partial charge in [0, 0.05) is 23.5 Å². The highest BCUT2D eigenvalue weighted by Crippen LogP contribution is 2.25. The lowest BCUT2D eigenvalue weighted by atomic mass is 10.2. The number of thiophene rings is 1. The monoisotopic (exact) mass is 440 g/mol. The van der Waals surface area contributed by atoms with Crippen molar-refractivity contribution in [2.45, 2.75) is 24.5 Å². The first-order valence-electron chi connectivity index (χ1n) is 7.72. The molecule has 1 aromatic carbocycles. The van der Waals surface area contributed by atoms with E-state index in [2.05, 4.69) is 0 Å². The first-order valence-corrected chi connectivity index (χ1v) is 10.4. The number of nitrogens with zero attached hydrogens (tertiary/aromatic N) is 1. The van der Waals surface area contributed by atoms with Crippen LogP contribution in [-0.2, 0) is 16.6 Å². The first kappa shape index (κ1) is 21.7. The Morgan fingerprint density at radius 1 is 1.19 bits per heavy atom. The summed E-state index contributed by atoms with van der Waals surface area (Å²) in [5, 5.41) is 1.73. The van der Waals surface area contributed by atoms with E-state index in [1.807, 2.05) is 0 Å². The summed E-state index contributed by atoms with van der Waals surface area (Å²) >= 11 is 7.13. The molecule has 0 bridgehead atoms. The van der Waals surface area contributed by atoms with Crippen molar-refractivity contribution in [3.8, 4) is 0 Å². The molecule has 1 aromatic heterocycles. The van der Waals surface area contributed by atoms with E-state index in [-0.39, 0.29) is 23.5 Å². The fourth-order valence-electron chi connectivity index (χ4n) is 2.19. The van der Waals surface area contributed by atoms with E-state index in [0.717, 1.165) is 4.88 Å². The molecule has 0 aliphatic rings. The summed E-state index contributed by atoms with van der Waals surface area (Å²) in [7, 11) is -3.83. The van der Waals surface area contributed by atoms with Crippen LogP contribution in [0.15, 0.2) is 41.3 Å². The Morgan fingerprint density at radius 3 is 2.30 bits per heavy atom. The lowest BCUT2D eigenvalue weighted by molar-refractivity contribution is -0.123. The van der Waals surface area contributed by atoms with Crippen molar-refractivity contribution in [3.63, 3.8) is 0 Å². The van der Waals surface area contributed by atoms with Crippen LogP contribution in [0.3, 0.4) is 0 Å². The molecular formula is C16H16ClF3N2O3S2. The molecule has 0 spiro atoms. The number of carbonyl (C=O) groups excluding carboxylic acids is 1. The first-order chi connectivity index (χ1) is 12.5. The van der Waals surface area contributed by atoms with Crippen LogP contribution in [-0.4, -0.2) is 37.9 Å². The van der Waals surface area contributed by atoms with Gasteiger partial charge in [-0.25, -0.2) is 8.42 Å². The maximum atomic E-state index is 12.8. The second-order valence-electron chi connectivity index (χ2n) is 5.46. The van der Waals surface area contributed by atoms with Gasteiger partial charge in [0.2, 0.25) is 10.0 Å². The minimum atomic E-state index is -4.52. The summed E-state index contributed by atoms with van der Waals surface area (Å²) in [4.78, 5) is 12.4. The van der Waals surface area contributed by atoms with Crippen LogP contribution in [0.25, 0.3) is 0 Å². The third-order valence-corrected chi connectivity index (χ3v) is 6.67. The lowest BCUT2D eigenvalue weighted by Crippen LogP contribution is -2.33. The maximum Gasteiger partial charge on any atom is 0.405 e. The number of rotatable bonds is 7. The maximum absolute atomic E-state index is 12.8. The highest BCUT2D eigenvalue weighted by atomic mass is 35.5. The smallest absolute Gasteiger partial charge is 0.343 e. The van der Waals surface area contributed by atoms with Gasteiger partial charge in [-0.3, -0.25) is 4.79 Å². The number of alkyl halides is 3. The average molecular weight is 441 g/mol. The zero-order valence-corrected chi connectivity index (χ0v) is 16.5. The quantitative estimate of drug-likeness (QED) is 0.710. The van der Waals surface area contributed by atoms with Crippen molar-refractivity contribution < 1.29 is 26.4 Å². The van der Waals surface area contributed by atoms with Crippen molar-refractivity contribution in [2.24, 2.45) is 0 Å². The lowest BCUT2D eigenvalue weighted by Gasteiger charge is -2.20. The number of halogens is 4. The minimum absolute atomic E-state index is 0.0561. The summed E-state index contributed by atoms with van der Waals surface area (Å²) in [5.74, 6) is -0.933. The highest BCUT2D eigenvalue weighted by molar-refractivity contribution is 7.89. The Kier molecular flexibility index (Phi) is 6.90. The summed E-state index contributed by atoms with van der Waals surface area (Å²) in [6.07, 6.45) is -4.52. The average Bonchev–Trinajstić information content (AvgIpc) is 3.02. The van der Waals surface area contributed by atoms with Gasteiger partial charge in [-0.2, -0.15) is 17.5 Å². The van der Waals surface area contributed by atoms with Gasteiger partial charge >= 0.3 is 6.18 Å². The SMILES string of the molecule is CCN(Cc1ccc(Cl)s1)S(=O)(=O)c1ccc(C(=O)NCC(F)(F)F)cc1.